The van der Waals surface area contributed by atoms with Crippen LogP contribution in [0.2, 0.25) is 0 Å². The van der Waals surface area contributed by atoms with Crippen molar-refractivity contribution in [1.29, 1.82) is 0 Å². The summed E-state index contributed by atoms with van der Waals surface area (Å²) >= 11 is 0. The van der Waals surface area contributed by atoms with Crippen LogP contribution in [0.1, 0.15) is 102 Å². The van der Waals surface area contributed by atoms with Crippen molar-refractivity contribution in [3.05, 3.63) is 0 Å². The predicted molar refractivity (Wildman–Crippen MR) is 132 cm³/mol. The number of hydrogen-bond acceptors (Lipinski definition) is 4. The average Bonchev–Trinajstić information content (AvgIpc) is 2.62. The molecule has 0 bridgehead atoms. The van der Waals surface area contributed by atoms with Crippen LogP contribution in [0.15, 0.2) is 0 Å². The van der Waals surface area contributed by atoms with Gasteiger partial charge in [-0.2, -0.15) is 0 Å². The molecule has 0 aromatic rings. The summed E-state index contributed by atoms with van der Waals surface area (Å²) in [5.74, 6) is -0.327. The Balaban J connectivity index is -0.00000116. The van der Waals surface area contributed by atoms with E-state index in [0.717, 1.165) is 19.3 Å². The minimum absolute atomic E-state index is 0.0712. The van der Waals surface area contributed by atoms with E-state index in [1.54, 1.807) is 0 Å². The predicted octanol–water partition coefficient (Wildman–Crippen LogP) is 3.75. The summed E-state index contributed by atoms with van der Waals surface area (Å²) in [7, 11) is 0. The van der Waals surface area contributed by atoms with Crippen LogP contribution in [-0.4, -0.2) is 42.4 Å². The van der Waals surface area contributed by atoms with E-state index in [-0.39, 0.29) is 41.1 Å². The zero-order valence-electron chi connectivity index (χ0n) is 22.1. The third-order valence-electron chi connectivity index (χ3n) is 4.12. The molecule has 31 heavy (non-hydrogen) atoms. The molecule has 7 nitrogen and oxygen atoms in total. The van der Waals surface area contributed by atoms with E-state index in [4.69, 9.17) is 0 Å². The van der Waals surface area contributed by atoms with Crippen molar-refractivity contribution in [3.63, 3.8) is 0 Å². The van der Waals surface area contributed by atoms with Crippen molar-refractivity contribution >= 4 is 17.7 Å². The number of carbonyl (C=O) groups excluding carboxylic acids is 3. The van der Waals surface area contributed by atoms with Crippen molar-refractivity contribution in [2.45, 2.75) is 120 Å². The van der Waals surface area contributed by atoms with E-state index >= 15 is 0 Å². The molecule has 0 aliphatic carbocycles. The maximum Gasteiger partial charge on any atom is 0.242 e. The quantitative estimate of drug-likeness (QED) is 0.388. The molecule has 0 aliphatic heterocycles. The molecule has 2 atom stereocenters. The Kier molecular flexibility index (Phi) is 20.9. The molecular formula is C24H52N4O3. The second kappa shape index (κ2) is 19.1. The van der Waals surface area contributed by atoms with E-state index in [2.05, 4.69) is 49.4 Å². The van der Waals surface area contributed by atoms with Crippen LogP contribution >= 0.6 is 0 Å². The first-order valence-corrected chi connectivity index (χ1v) is 11.8. The van der Waals surface area contributed by atoms with E-state index in [1.807, 2.05) is 41.5 Å². The fourth-order valence-electron chi connectivity index (χ4n) is 2.55. The molecule has 0 spiro atoms. The molecule has 0 radical (unpaired) electrons. The van der Waals surface area contributed by atoms with Gasteiger partial charge in [-0.3, -0.25) is 14.4 Å². The Morgan fingerprint density at radius 1 is 0.968 bits per heavy atom. The van der Waals surface area contributed by atoms with E-state index in [0.29, 0.717) is 13.0 Å². The number of hydrogen-bond donors (Lipinski definition) is 4. The van der Waals surface area contributed by atoms with E-state index < -0.39 is 6.04 Å². The summed E-state index contributed by atoms with van der Waals surface area (Å²) in [6.07, 6.45) is 3.51. The minimum atomic E-state index is -0.456. The first-order chi connectivity index (χ1) is 14.2. The second-order valence-electron chi connectivity index (χ2n) is 9.46. The monoisotopic (exact) mass is 444 g/mol. The van der Waals surface area contributed by atoms with Gasteiger partial charge in [-0.1, -0.05) is 82.1 Å². The van der Waals surface area contributed by atoms with Gasteiger partial charge in [-0.25, -0.2) is 0 Å². The molecule has 2 unspecified atom stereocenters. The zero-order chi connectivity index (χ0) is 25.2. The molecular weight excluding hydrogens is 392 g/mol. The lowest BCUT2D eigenvalue weighted by Gasteiger charge is -2.27. The van der Waals surface area contributed by atoms with Crippen LogP contribution in [0, 0.1) is 11.3 Å². The van der Waals surface area contributed by atoms with Crippen LogP contribution in [0.25, 0.3) is 0 Å². The maximum absolute atomic E-state index is 12.7. The summed E-state index contributed by atoms with van der Waals surface area (Å²) in [6, 6.07) is -0.526. The third kappa shape index (κ3) is 22.9. The van der Waals surface area contributed by atoms with Gasteiger partial charge in [0.2, 0.25) is 17.7 Å². The van der Waals surface area contributed by atoms with Crippen molar-refractivity contribution in [3.8, 4) is 0 Å². The molecule has 0 aliphatic rings. The number of rotatable bonds is 11. The fourth-order valence-corrected chi connectivity index (χ4v) is 2.55. The normalized spacial score (nSPS) is 12.7. The molecule has 0 rings (SSSR count). The van der Waals surface area contributed by atoms with Crippen LogP contribution < -0.4 is 21.7 Å². The molecule has 186 valence electrons. The lowest BCUT2D eigenvalue weighted by molar-refractivity contribution is -0.131. The van der Waals surface area contributed by atoms with Crippen LogP contribution in [0.4, 0.5) is 0 Å². The first kappa shape index (κ1) is 34.0. The molecule has 0 saturated heterocycles. The third-order valence-corrected chi connectivity index (χ3v) is 4.12. The Bertz CT molecular complexity index is 482. The highest BCUT2D eigenvalue weighted by atomic mass is 16.2. The highest BCUT2D eigenvalue weighted by Crippen LogP contribution is 2.17. The zero-order valence-corrected chi connectivity index (χ0v) is 22.1. The summed E-state index contributed by atoms with van der Waals surface area (Å²) in [5.41, 5.74) is 4.65. The van der Waals surface area contributed by atoms with Gasteiger partial charge in [0, 0.05) is 19.5 Å². The van der Waals surface area contributed by atoms with Crippen LogP contribution in [0.5, 0.6) is 0 Å². The summed E-state index contributed by atoms with van der Waals surface area (Å²) in [6.45, 7) is 22.6. The largest absolute Gasteiger partial charge is 0.370 e. The van der Waals surface area contributed by atoms with E-state index in [1.165, 1.54) is 6.92 Å². The Labute approximate surface area is 192 Å². The fraction of sp³-hybridized carbons (Fsp3) is 0.875. The van der Waals surface area contributed by atoms with Gasteiger partial charge in [-0.05, 0) is 24.2 Å². The molecule has 7 heteroatoms. The van der Waals surface area contributed by atoms with Crippen molar-refractivity contribution < 1.29 is 14.4 Å². The van der Waals surface area contributed by atoms with Gasteiger partial charge in [0.15, 0.2) is 0 Å². The molecule has 0 aromatic carbocycles. The molecule has 3 amide bonds. The summed E-state index contributed by atoms with van der Waals surface area (Å²) in [4.78, 5) is 34.4. The summed E-state index contributed by atoms with van der Waals surface area (Å²) in [5, 5.41) is 9.26. The Morgan fingerprint density at radius 3 is 1.81 bits per heavy atom. The highest BCUT2D eigenvalue weighted by molar-refractivity contribution is 5.89. The lowest BCUT2D eigenvalue weighted by Crippen LogP contribution is -2.55. The highest BCUT2D eigenvalue weighted by Gasteiger charge is 2.27. The van der Waals surface area contributed by atoms with Crippen molar-refractivity contribution in [2.75, 3.05) is 6.54 Å². The van der Waals surface area contributed by atoms with Gasteiger partial charge in [0.1, 0.15) is 6.04 Å². The summed E-state index contributed by atoms with van der Waals surface area (Å²) < 4.78 is 0. The number of nitrogens with one attached hydrogen (secondary N) is 3. The number of carbonyl (C=O) groups is 3. The van der Waals surface area contributed by atoms with Gasteiger partial charge in [0.25, 0.3) is 0 Å². The molecule has 0 fully saturated rings. The number of unbranched alkanes of at least 4 members (excludes halogenated alkanes) is 1. The second-order valence-corrected chi connectivity index (χ2v) is 9.46. The topological polar surface area (TPSA) is 113 Å². The average molecular weight is 445 g/mol. The first-order valence-electron chi connectivity index (χ1n) is 11.8. The van der Waals surface area contributed by atoms with Crippen LogP contribution in [-0.2, 0) is 14.4 Å². The van der Waals surface area contributed by atoms with E-state index in [9.17, 15) is 14.4 Å². The standard InChI is InChI=1S/C20H41N3O2.C2H5NO.C2H6/c1-9-10-11-16(18(24)21-13-12-20(6,7)8)23-19(25)17(14(2)3)22-15(4)5;1-2(3)4;1-2/h14-17,22H,9-13H2,1-8H3,(H,21,24)(H,23,25);1H3,(H2,3,4);1-2H3. The van der Waals surface area contributed by atoms with Crippen molar-refractivity contribution in [1.82, 2.24) is 16.0 Å². The Morgan fingerprint density at radius 2 is 1.45 bits per heavy atom. The Hall–Kier alpha value is -1.63. The lowest BCUT2D eigenvalue weighted by atomic mass is 9.92. The van der Waals surface area contributed by atoms with Gasteiger partial charge in [0.05, 0.1) is 6.04 Å². The smallest absolute Gasteiger partial charge is 0.242 e. The SMILES string of the molecule is CC.CC(N)=O.CCCCC(NC(=O)C(NC(C)C)C(C)C)C(=O)NCCC(C)(C)C. The number of amides is 3. The number of nitrogens with two attached hydrogens (primary N) is 1. The van der Waals surface area contributed by atoms with Gasteiger partial charge < -0.3 is 21.7 Å². The van der Waals surface area contributed by atoms with Gasteiger partial charge in [-0.15, -0.1) is 0 Å². The minimum Gasteiger partial charge on any atom is -0.370 e. The molecule has 0 heterocycles. The molecule has 5 N–H and O–H groups in total. The van der Waals surface area contributed by atoms with Gasteiger partial charge >= 0.3 is 0 Å². The maximum atomic E-state index is 12.7. The van der Waals surface area contributed by atoms with Crippen LogP contribution in [0.3, 0.4) is 0 Å². The number of primary amides is 1. The molecule has 0 aromatic heterocycles. The van der Waals surface area contributed by atoms with Crippen molar-refractivity contribution in [2.24, 2.45) is 17.1 Å². The molecule has 0 saturated carbocycles.